The fraction of sp³-hybridized carbons (Fsp3) is 0.500. The van der Waals surface area contributed by atoms with E-state index in [1.165, 1.54) is 6.07 Å². The van der Waals surface area contributed by atoms with Crippen molar-refractivity contribution in [1.82, 2.24) is 14.9 Å². The Morgan fingerprint density at radius 1 is 1.13 bits per heavy atom. The molecule has 0 unspecified atom stereocenters. The van der Waals surface area contributed by atoms with Gasteiger partial charge in [0.15, 0.2) is 0 Å². The number of fused-ring (bicyclic) bond motifs is 1. The normalized spacial score (nSPS) is 22.2. The van der Waals surface area contributed by atoms with E-state index in [4.69, 9.17) is 17.3 Å². The molecule has 2 aromatic rings. The van der Waals surface area contributed by atoms with Crippen LogP contribution in [0.15, 0.2) is 18.2 Å². The molecule has 1 fully saturated rings. The summed E-state index contributed by atoms with van der Waals surface area (Å²) in [5.41, 5.74) is 7.06. The topological polar surface area (TPSA) is 87.3 Å². The van der Waals surface area contributed by atoms with Crippen LogP contribution in [0.1, 0.15) is 48.1 Å². The Kier molecular flexibility index (Phi) is 5.78. The van der Waals surface area contributed by atoms with Crippen LogP contribution in [0, 0.1) is 0 Å². The molecule has 0 radical (unpaired) electrons. The van der Waals surface area contributed by atoms with E-state index >= 15 is 0 Å². The van der Waals surface area contributed by atoms with Crippen molar-refractivity contribution in [3.63, 3.8) is 0 Å². The third-order valence-electron chi connectivity index (χ3n) is 5.76. The molecule has 0 saturated heterocycles. The van der Waals surface area contributed by atoms with Gasteiger partial charge in [0.2, 0.25) is 5.28 Å². The molecule has 10 heteroatoms. The molecule has 0 atom stereocenters. The van der Waals surface area contributed by atoms with Gasteiger partial charge >= 0.3 is 6.18 Å². The maximum Gasteiger partial charge on any atom is 0.416 e. The number of anilines is 2. The summed E-state index contributed by atoms with van der Waals surface area (Å²) in [6.07, 6.45) is -1.28. The number of aromatic nitrogens is 2. The van der Waals surface area contributed by atoms with Gasteiger partial charge < -0.3 is 16.2 Å². The van der Waals surface area contributed by atoms with Crippen LogP contribution in [-0.2, 0) is 25.8 Å². The van der Waals surface area contributed by atoms with Gasteiger partial charge in [-0.3, -0.25) is 4.90 Å². The molecule has 0 bridgehead atoms. The Labute approximate surface area is 177 Å². The highest BCUT2D eigenvalue weighted by Gasteiger charge is 2.33. The van der Waals surface area contributed by atoms with Gasteiger partial charge in [0.1, 0.15) is 5.82 Å². The molecule has 1 aliphatic carbocycles. The van der Waals surface area contributed by atoms with E-state index in [0.29, 0.717) is 30.5 Å². The summed E-state index contributed by atoms with van der Waals surface area (Å²) in [6.45, 7) is 1.41. The van der Waals surface area contributed by atoms with Crippen LogP contribution in [0.2, 0.25) is 5.28 Å². The van der Waals surface area contributed by atoms with Crippen molar-refractivity contribution in [3.05, 3.63) is 45.9 Å². The Hall–Kier alpha value is -2.10. The lowest BCUT2D eigenvalue weighted by atomic mass is 9.92. The fourth-order valence-electron chi connectivity index (χ4n) is 4.25. The Morgan fingerprint density at radius 3 is 2.57 bits per heavy atom. The first-order valence-corrected chi connectivity index (χ1v) is 10.2. The van der Waals surface area contributed by atoms with Gasteiger partial charge in [-0.15, -0.1) is 0 Å². The number of hydrogen-bond acceptors (Lipinski definition) is 6. The Morgan fingerprint density at radius 2 is 1.87 bits per heavy atom. The number of aliphatic hydroxyl groups is 1. The second-order valence-electron chi connectivity index (χ2n) is 7.95. The highest BCUT2D eigenvalue weighted by molar-refractivity contribution is 6.28. The monoisotopic (exact) mass is 441 g/mol. The second-order valence-corrected chi connectivity index (χ2v) is 8.29. The fourth-order valence-corrected chi connectivity index (χ4v) is 4.43. The summed E-state index contributed by atoms with van der Waals surface area (Å²) in [7, 11) is 0. The standard InChI is InChI=1S/C20H23ClF3N5O/c21-19-27-17-10-29(14-1-3-15(30)4-2-14)9-16(17)18(28-19)26-8-11-5-12(20(22,23)24)7-13(25)6-11/h5-7,14-15,30H,1-4,8-10,25H2,(H,26,27,28). The van der Waals surface area contributed by atoms with Crippen LogP contribution in [0.3, 0.4) is 0 Å². The molecular weight excluding hydrogens is 419 g/mol. The number of hydrogen-bond donors (Lipinski definition) is 3. The van der Waals surface area contributed by atoms with Crippen molar-refractivity contribution in [1.29, 1.82) is 0 Å². The quantitative estimate of drug-likeness (QED) is 0.491. The van der Waals surface area contributed by atoms with Crippen LogP contribution in [0.4, 0.5) is 24.7 Å². The molecule has 30 heavy (non-hydrogen) atoms. The van der Waals surface area contributed by atoms with Crippen LogP contribution in [0.25, 0.3) is 0 Å². The first kappa shape index (κ1) is 21.1. The molecule has 4 N–H and O–H groups in total. The molecule has 4 rings (SSSR count). The van der Waals surface area contributed by atoms with Crippen molar-refractivity contribution in [3.8, 4) is 0 Å². The van der Waals surface area contributed by atoms with Crippen molar-refractivity contribution in [2.24, 2.45) is 0 Å². The molecule has 2 aliphatic rings. The van der Waals surface area contributed by atoms with E-state index in [-0.39, 0.29) is 23.6 Å². The lowest BCUT2D eigenvalue weighted by Crippen LogP contribution is -2.35. The van der Waals surface area contributed by atoms with Gasteiger partial charge in [0.05, 0.1) is 17.4 Å². The molecule has 1 aromatic carbocycles. The number of benzene rings is 1. The number of rotatable bonds is 4. The summed E-state index contributed by atoms with van der Waals surface area (Å²) in [4.78, 5) is 10.9. The number of aliphatic hydroxyl groups excluding tert-OH is 1. The molecular formula is C20H23ClF3N5O. The lowest BCUT2D eigenvalue weighted by Gasteiger charge is -2.32. The van der Waals surface area contributed by atoms with E-state index < -0.39 is 11.7 Å². The minimum Gasteiger partial charge on any atom is -0.399 e. The molecule has 2 heterocycles. The minimum atomic E-state index is -4.46. The van der Waals surface area contributed by atoms with Crippen LogP contribution in [-0.4, -0.2) is 32.1 Å². The largest absolute Gasteiger partial charge is 0.416 e. The van der Waals surface area contributed by atoms with Crippen LogP contribution < -0.4 is 11.1 Å². The average Bonchev–Trinajstić information content (AvgIpc) is 3.09. The van der Waals surface area contributed by atoms with Crippen molar-refractivity contribution in [2.75, 3.05) is 11.1 Å². The number of alkyl halides is 3. The Balaban J connectivity index is 1.50. The summed E-state index contributed by atoms with van der Waals surface area (Å²) in [6, 6.07) is 3.86. The number of nitrogens with one attached hydrogen (secondary N) is 1. The van der Waals surface area contributed by atoms with Crippen molar-refractivity contribution >= 4 is 23.1 Å². The van der Waals surface area contributed by atoms with Gasteiger partial charge in [-0.1, -0.05) is 0 Å². The van der Waals surface area contributed by atoms with E-state index in [2.05, 4.69) is 20.2 Å². The minimum absolute atomic E-state index is 0.0539. The van der Waals surface area contributed by atoms with E-state index in [1.54, 1.807) is 0 Å². The third kappa shape index (κ3) is 4.63. The molecule has 162 valence electrons. The number of nitrogens with two attached hydrogens (primary N) is 1. The zero-order valence-electron chi connectivity index (χ0n) is 16.2. The van der Waals surface area contributed by atoms with E-state index in [0.717, 1.165) is 49.1 Å². The lowest BCUT2D eigenvalue weighted by molar-refractivity contribution is -0.137. The summed E-state index contributed by atoms with van der Waals surface area (Å²) in [5, 5.41) is 13.0. The molecule has 1 aromatic heterocycles. The number of nitrogen functional groups attached to an aromatic ring is 1. The first-order valence-electron chi connectivity index (χ1n) is 9.87. The predicted octanol–water partition coefficient (Wildman–Crippen LogP) is 3.96. The first-order chi connectivity index (χ1) is 14.2. The summed E-state index contributed by atoms with van der Waals surface area (Å²) in [5.74, 6) is 0.527. The zero-order valence-corrected chi connectivity index (χ0v) is 17.0. The molecule has 1 saturated carbocycles. The van der Waals surface area contributed by atoms with Gasteiger partial charge in [0, 0.05) is 36.9 Å². The van der Waals surface area contributed by atoms with Gasteiger partial charge in [-0.05, 0) is 61.0 Å². The summed E-state index contributed by atoms with van der Waals surface area (Å²) < 4.78 is 39.2. The molecule has 6 nitrogen and oxygen atoms in total. The zero-order chi connectivity index (χ0) is 21.5. The Bertz CT molecular complexity index is 931. The van der Waals surface area contributed by atoms with Crippen LogP contribution >= 0.6 is 11.6 Å². The third-order valence-corrected chi connectivity index (χ3v) is 5.93. The van der Waals surface area contributed by atoms with Crippen molar-refractivity contribution in [2.45, 2.75) is 63.6 Å². The number of halogens is 4. The maximum absolute atomic E-state index is 13.1. The summed E-state index contributed by atoms with van der Waals surface area (Å²) >= 11 is 6.09. The van der Waals surface area contributed by atoms with Crippen molar-refractivity contribution < 1.29 is 18.3 Å². The van der Waals surface area contributed by atoms with Gasteiger partial charge in [-0.25, -0.2) is 9.97 Å². The highest BCUT2D eigenvalue weighted by atomic mass is 35.5. The second kappa shape index (κ2) is 8.20. The van der Waals surface area contributed by atoms with Gasteiger partial charge in [0.25, 0.3) is 0 Å². The molecule has 1 aliphatic heterocycles. The van der Waals surface area contributed by atoms with Gasteiger partial charge in [-0.2, -0.15) is 13.2 Å². The van der Waals surface area contributed by atoms with Crippen LogP contribution in [0.5, 0.6) is 0 Å². The highest BCUT2D eigenvalue weighted by Crippen LogP contribution is 2.34. The molecule has 0 spiro atoms. The maximum atomic E-state index is 13.1. The SMILES string of the molecule is Nc1cc(CNc2nc(Cl)nc3c2CN(C2CCC(O)CC2)C3)cc(C(F)(F)F)c1. The predicted molar refractivity (Wildman–Crippen MR) is 108 cm³/mol. The number of nitrogens with zero attached hydrogens (tertiary/aromatic N) is 3. The van der Waals surface area contributed by atoms with E-state index in [1.807, 2.05) is 0 Å². The molecule has 0 amide bonds. The van der Waals surface area contributed by atoms with E-state index in [9.17, 15) is 18.3 Å². The average molecular weight is 442 g/mol. The smallest absolute Gasteiger partial charge is 0.399 e.